The lowest BCUT2D eigenvalue weighted by Crippen LogP contribution is -2.22. The maximum atomic E-state index is 12.6. The number of benzene rings is 1. The molecule has 7 nitrogen and oxygen atoms in total. The van der Waals surface area contributed by atoms with Crippen LogP contribution in [0, 0.1) is 0 Å². The summed E-state index contributed by atoms with van der Waals surface area (Å²) in [4.78, 5) is 23.2. The molecule has 0 aliphatic carbocycles. The fourth-order valence-electron chi connectivity index (χ4n) is 2.78. The molecule has 0 unspecified atom stereocenters. The van der Waals surface area contributed by atoms with Gasteiger partial charge in [0.05, 0.1) is 33.8 Å². The van der Waals surface area contributed by atoms with Crippen molar-refractivity contribution in [3.05, 3.63) is 44.7 Å². The van der Waals surface area contributed by atoms with Gasteiger partial charge in [-0.05, 0) is 25.0 Å². The Balaban J connectivity index is 1.66. The summed E-state index contributed by atoms with van der Waals surface area (Å²) in [7, 11) is 0. The van der Waals surface area contributed by atoms with Gasteiger partial charge < -0.3 is 9.42 Å². The van der Waals surface area contributed by atoms with Gasteiger partial charge in [0.1, 0.15) is 0 Å². The second-order valence-electron chi connectivity index (χ2n) is 5.62. The molecule has 0 atom stereocenters. The van der Waals surface area contributed by atoms with E-state index >= 15 is 0 Å². The van der Waals surface area contributed by atoms with Crippen molar-refractivity contribution in [1.29, 1.82) is 0 Å². The number of anilines is 1. The number of halogens is 2. The Bertz CT molecular complexity index is 962. The van der Waals surface area contributed by atoms with Crippen molar-refractivity contribution in [3.8, 4) is 0 Å². The average Bonchev–Trinajstić information content (AvgIpc) is 3.24. The number of hydrogen-bond acceptors (Lipinski definition) is 6. The van der Waals surface area contributed by atoms with Gasteiger partial charge in [0.25, 0.3) is 5.56 Å². The third-order valence-corrected chi connectivity index (χ3v) is 4.83. The number of nitrogens with zero attached hydrogens (tertiary/aromatic N) is 5. The fraction of sp³-hybridized carbons (Fsp3) is 0.333. The van der Waals surface area contributed by atoms with E-state index in [-0.39, 0.29) is 17.1 Å². The van der Waals surface area contributed by atoms with E-state index in [2.05, 4.69) is 15.1 Å². The van der Waals surface area contributed by atoms with Gasteiger partial charge in [0.15, 0.2) is 5.82 Å². The van der Waals surface area contributed by atoms with E-state index in [4.69, 9.17) is 27.7 Å². The van der Waals surface area contributed by atoms with Gasteiger partial charge in [-0.2, -0.15) is 4.98 Å². The van der Waals surface area contributed by atoms with Crippen LogP contribution in [-0.2, 0) is 6.54 Å². The van der Waals surface area contributed by atoms with Crippen LogP contribution in [0.3, 0.4) is 0 Å². The van der Waals surface area contributed by atoms with Gasteiger partial charge in [-0.15, -0.1) is 0 Å². The lowest BCUT2D eigenvalue weighted by Gasteiger charge is -2.09. The number of rotatable bonds is 3. The smallest absolute Gasteiger partial charge is 0.324 e. The molecule has 4 rings (SSSR count). The summed E-state index contributed by atoms with van der Waals surface area (Å²) in [6, 6.07) is 3.69. The van der Waals surface area contributed by atoms with Gasteiger partial charge in [-0.1, -0.05) is 28.4 Å². The number of aromatic nitrogens is 4. The predicted molar refractivity (Wildman–Crippen MR) is 90.9 cm³/mol. The quantitative estimate of drug-likeness (QED) is 0.710. The van der Waals surface area contributed by atoms with Gasteiger partial charge in [-0.3, -0.25) is 9.36 Å². The average molecular weight is 366 g/mol. The zero-order valence-corrected chi connectivity index (χ0v) is 14.1. The Hall–Kier alpha value is -2.12. The van der Waals surface area contributed by atoms with Crippen LogP contribution in [0.15, 0.2) is 27.8 Å². The Morgan fingerprint density at radius 3 is 2.79 bits per heavy atom. The van der Waals surface area contributed by atoms with Crippen LogP contribution < -0.4 is 10.5 Å². The molecule has 124 valence electrons. The molecule has 0 bridgehead atoms. The minimum absolute atomic E-state index is 0.180. The van der Waals surface area contributed by atoms with Crippen molar-refractivity contribution < 1.29 is 4.52 Å². The molecule has 0 N–H and O–H groups in total. The van der Waals surface area contributed by atoms with E-state index in [0.717, 1.165) is 25.9 Å². The highest BCUT2D eigenvalue weighted by atomic mass is 35.5. The summed E-state index contributed by atoms with van der Waals surface area (Å²) in [5, 5.41) is 4.98. The third kappa shape index (κ3) is 2.63. The molecule has 3 heterocycles. The molecule has 1 saturated heterocycles. The normalized spacial score (nSPS) is 14.7. The SMILES string of the molecule is O=c1c2ccc(Cl)c(Cl)c2ncn1Cc1noc(N2CCCC2)n1. The van der Waals surface area contributed by atoms with Crippen LogP contribution in [0.1, 0.15) is 18.7 Å². The van der Waals surface area contributed by atoms with E-state index in [0.29, 0.717) is 27.8 Å². The van der Waals surface area contributed by atoms with E-state index in [1.54, 1.807) is 12.1 Å². The van der Waals surface area contributed by atoms with Crippen molar-refractivity contribution in [2.45, 2.75) is 19.4 Å². The zero-order valence-electron chi connectivity index (χ0n) is 12.6. The molecule has 3 aromatic rings. The molecule has 0 spiro atoms. The molecule has 2 aromatic heterocycles. The lowest BCUT2D eigenvalue weighted by atomic mass is 10.2. The first-order chi connectivity index (χ1) is 11.6. The topological polar surface area (TPSA) is 77.0 Å². The largest absolute Gasteiger partial charge is 0.324 e. The fourth-order valence-corrected chi connectivity index (χ4v) is 3.15. The van der Waals surface area contributed by atoms with E-state index < -0.39 is 0 Å². The van der Waals surface area contributed by atoms with Crippen LogP contribution >= 0.6 is 23.2 Å². The predicted octanol–water partition coefficient (Wildman–Crippen LogP) is 2.73. The van der Waals surface area contributed by atoms with Gasteiger partial charge >= 0.3 is 6.01 Å². The first kappa shape index (κ1) is 15.4. The monoisotopic (exact) mass is 365 g/mol. The molecule has 9 heteroatoms. The second-order valence-corrected chi connectivity index (χ2v) is 6.41. The molecule has 1 aliphatic heterocycles. The third-order valence-electron chi connectivity index (χ3n) is 4.03. The summed E-state index contributed by atoms with van der Waals surface area (Å²) in [6.45, 7) is 2.01. The number of fused-ring (bicyclic) bond motifs is 1. The van der Waals surface area contributed by atoms with Gasteiger partial charge in [0, 0.05) is 13.1 Å². The Kier molecular flexibility index (Phi) is 3.90. The maximum Gasteiger partial charge on any atom is 0.324 e. The molecule has 1 aliphatic rings. The van der Waals surface area contributed by atoms with Crippen molar-refractivity contribution >= 4 is 40.1 Å². The summed E-state index contributed by atoms with van der Waals surface area (Å²) in [5.41, 5.74) is 0.155. The zero-order chi connectivity index (χ0) is 16.7. The van der Waals surface area contributed by atoms with Crippen molar-refractivity contribution in [2.75, 3.05) is 18.0 Å². The van der Waals surface area contributed by atoms with Gasteiger partial charge in [0.2, 0.25) is 0 Å². The van der Waals surface area contributed by atoms with Crippen molar-refractivity contribution in [3.63, 3.8) is 0 Å². The highest BCUT2D eigenvalue weighted by Crippen LogP contribution is 2.27. The minimum Gasteiger partial charge on any atom is -0.324 e. The molecule has 0 amide bonds. The highest BCUT2D eigenvalue weighted by molar-refractivity contribution is 6.44. The van der Waals surface area contributed by atoms with Crippen molar-refractivity contribution in [1.82, 2.24) is 19.7 Å². The molecule has 1 aromatic carbocycles. The first-order valence-corrected chi connectivity index (χ1v) is 8.30. The standard InChI is InChI=1S/C15H13Cl2N5O2/c16-10-4-3-9-13(12(10)17)18-8-22(14(9)23)7-11-19-15(24-20-11)21-5-1-2-6-21/h3-4,8H,1-2,5-7H2. The maximum absolute atomic E-state index is 12.6. The molecular formula is C15H13Cl2N5O2. The number of hydrogen-bond donors (Lipinski definition) is 0. The Labute approximate surface area is 146 Å². The van der Waals surface area contributed by atoms with Gasteiger partial charge in [-0.25, -0.2) is 4.98 Å². The Morgan fingerprint density at radius 2 is 2.00 bits per heavy atom. The van der Waals surface area contributed by atoms with Crippen LogP contribution in [-0.4, -0.2) is 32.8 Å². The molecule has 24 heavy (non-hydrogen) atoms. The van der Waals surface area contributed by atoms with Crippen LogP contribution in [0.5, 0.6) is 0 Å². The summed E-state index contributed by atoms with van der Waals surface area (Å²) >= 11 is 12.1. The summed E-state index contributed by atoms with van der Waals surface area (Å²) in [5.74, 6) is 0.431. The molecule has 0 radical (unpaired) electrons. The van der Waals surface area contributed by atoms with E-state index in [1.807, 2.05) is 4.90 Å². The highest BCUT2D eigenvalue weighted by Gasteiger charge is 2.19. The lowest BCUT2D eigenvalue weighted by molar-refractivity contribution is 0.408. The summed E-state index contributed by atoms with van der Waals surface area (Å²) in [6.07, 6.45) is 3.66. The van der Waals surface area contributed by atoms with Crippen LogP contribution in [0.2, 0.25) is 10.0 Å². The first-order valence-electron chi connectivity index (χ1n) is 7.54. The van der Waals surface area contributed by atoms with Crippen LogP contribution in [0.4, 0.5) is 6.01 Å². The summed E-state index contributed by atoms with van der Waals surface area (Å²) < 4.78 is 6.70. The molecule has 0 saturated carbocycles. The molecular weight excluding hydrogens is 353 g/mol. The van der Waals surface area contributed by atoms with Crippen LogP contribution in [0.25, 0.3) is 10.9 Å². The minimum atomic E-state index is -0.230. The van der Waals surface area contributed by atoms with E-state index in [1.165, 1.54) is 10.9 Å². The van der Waals surface area contributed by atoms with E-state index in [9.17, 15) is 4.79 Å². The van der Waals surface area contributed by atoms with Crippen molar-refractivity contribution in [2.24, 2.45) is 0 Å². The second kappa shape index (κ2) is 6.07. The molecule has 1 fully saturated rings. The Morgan fingerprint density at radius 1 is 1.21 bits per heavy atom.